The van der Waals surface area contributed by atoms with Crippen LogP contribution in [0.2, 0.25) is 0 Å². The van der Waals surface area contributed by atoms with Gasteiger partial charge in [0.1, 0.15) is 17.7 Å². The molecule has 1 aliphatic heterocycles. The Bertz CT molecular complexity index is 461. The Labute approximate surface area is 97.9 Å². The molecule has 1 aliphatic rings. The first-order valence-corrected chi connectivity index (χ1v) is 5.17. The van der Waals surface area contributed by atoms with Crippen molar-refractivity contribution >= 4 is 5.69 Å². The molecule has 0 aliphatic carbocycles. The van der Waals surface area contributed by atoms with Crippen LogP contribution in [-0.2, 0) is 0 Å². The number of nitrogens with one attached hydrogen (secondary N) is 1. The summed E-state index contributed by atoms with van der Waals surface area (Å²) in [4.78, 5) is 2.89. The van der Waals surface area contributed by atoms with Crippen LogP contribution in [0.4, 0.5) is 14.5 Å². The van der Waals surface area contributed by atoms with Gasteiger partial charge in [0.05, 0.1) is 13.2 Å². The average molecular weight is 239 g/mol. The summed E-state index contributed by atoms with van der Waals surface area (Å²) in [6.45, 7) is 0. The highest BCUT2D eigenvalue weighted by Crippen LogP contribution is 2.19. The van der Waals surface area contributed by atoms with Crippen molar-refractivity contribution in [3.63, 3.8) is 0 Å². The minimum Gasteiger partial charge on any atom is -0.306 e. The van der Waals surface area contributed by atoms with E-state index in [0.29, 0.717) is 0 Å². The van der Waals surface area contributed by atoms with E-state index in [1.807, 2.05) is 31.4 Å². The number of azo groups is 1. The molecule has 1 aromatic rings. The minimum atomic E-state index is -0.708. The first-order chi connectivity index (χ1) is 8.08. The van der Waals surface area contributed by atoms with E-state index in [9.17, 15) is 8.78 Å². The minimum absolute atomic E-state index is 0.0412. The predicted molar refractivity (Wildman–Crippen MR) is 58.5 cm³/mol. The molecule has 0 bridgehead atoms. The van der Waals surface area contributed by atoms with Crippen molar-refractivity contribution in [3.8, 4) is 0 Å². The van der Waals surface area contributed by atoms with Crippen LogP contribution in [0.3, 0.4) is 0 Å². The maximum Gasteiger partial charge on any atom is 0.284 e. The molecule has 0 spiro atoms. The highest BCUT2D eigenvalue weighted by Gasteiger charge is 2.24. The highest BCUT2D eigenvalue weighted by molar-refractivity contribution is 5.37. The summed E-state index contributed by atoms with van der Waals surface area (Å²) in [5.41, 5.74) is 0.0412. The van der Waals surface area contributed by atoms with Gasteiger partial charge in [-0.2, -0.15) is 0 Å². The second kappa shape index (κ2) is 4.58. The molecule has 0 aromatic heterocycles. The number of quaternary nitrogens is 1. The van der Waals surface area contributed by atoms with E-state index in [2.05, 4.69) is 10.2 Å². The zero-order chi connectivity index (χ0) is 12.4. The molecule has 1 N–H and O–H groups in total. The lowest BCUT2D eigenvalue weighted by atomic mass is 10.3. The Morgan fingerprint density at radius 3 is 2.71 bits per heavy atom. The van der Waals surface area contributed by atoms with E-state index in [4.69, 9.17) is 0 Å². The molecule has 17 heavy (non-hydrogen) atoms. The summed E-state index contributed by atoms with van der Waals surface area (Å²) in [6, 6.07) is 3.22. The topological polar surface area (TPSA) is 32.4 Å². The van der Waals surface area contributed by atoms with E-state index in [1.165, 1.54) is 6.07 Å². The predicted octanol–water partition coefficient (Wildman–Crippen LogP) is 1.26. The first-order valence-electron chi connectivity index (χ1n) is 5.17. The molecule has 6 heteroatoms. The molecule has 1 aromatic carbocycles. The van der Waals surface area contributed by atoms with Gasteiger partial charge in [-0.15, -0.1) is 10.2 Å². The van der Waals surface area contributed by atoms with Crippen molar-refractivity contribution in [1.29, 1.82) is 0 Å². The van der Waals surface area contributed by atoms with Crippen molar-refractivity contribution in [2.75, 3.05) is 14.1 Å². The van der Waals surface area contributed by atoms with Crippen LogP contribution in [-0.4, -0.2) is 25.3 Å². The molecule has 0 saturated heterocycles. The van der Waals surface area contributed by atoms with Gasteiger partial charge in [-0.3, -0.25) is 4.90 Å². The Kier molecular flexibility index (Phi) is 3.14. The number of halogens is 2. The summed E-state index contributed by atoms with van der Waals surface area (Å²) >= 11 is 0. The standard InChI is InChI=1S/C11H12F2N4/c1-16-5-6-17(2)11(16)15-14-10-4-3-8(12)7-9(10)13/h3-7,11H,1-2H3/p+1. The quantitative estimate of drug-likeness (QED) is 0.774. The molecule has 0 amide bonds. The third-order valence-corrected chi connectivity index (χ3v) is 2.55. The van der Waals surface area contributed by atoms with Gasteiger partial charge in [-0.25, -0.2) is 8.78 Å². The summed E-state index contributed by atoms with van der Waals surface area (Å²) in [7, 11) is 3.78. The van der Waals surface area contributed by atoms with Crippen molar-refractivity contribution in [1.82, 2.24) is 4.90 Å². The zero-order valence-corrected chi connectivity index (χ0v) is 9.56. The lowest BCUT2D eigenvalue weighted by Gasteiger charge is -2.16. The smallest absolute Gasteiger partial charge is 0.284 e. The fourth-order valence-corrected chi connectivity index (χ4v) is 1.58. The van der Waals surface area contributed by atoms with Crippen LogP contribution in [0.25, 0.3) is 0 Å². The lowest BCUT2D eigenvalue weighted by molar-refractivity contribution is -0.856. The molecule has 0 fully saturated rings. The third-order valence-electron chi connectivity index (χ3n) is 2.55. The van der Waals surface area contributed by atoms with Crippen molar-refractivity contribution in [2.24, 2.45) is 10.2 Å². The van der Waals surface area contributed by atoms with Crippen LogP contribution >= 0.6 is 0 Å². The fraction of sp³-hybridized carbons (Fsp3) is 0.273. The third kappa shape index (κ3) is 2.47. The van der Waals surface area contributed by atoms with E-state index >= 15 is 0 Å². The van der Waals surface area contributed by atoms with Crippen molar-refractivity contribution in [3.05, 3.63) is 42.2 Å². The second-order valence-electron chi connectivity index (χ2n) is 3.91. The Morgan fingerprint density at radius 1 is 1.35 bits per heavy atom. The summed E-state index contributed by atoms with van der Waals surface area (Å²) in [5, 5.41) is 7.85. The van der Waals surface area contributed by atoms with Crippen LogP contribution in [0.5, 0.6) is 0 Å². The van der Waals surface area contributed by atoms with Crippen LogP contribution in [0.1, 0.15) is 0 Å². The van der Waals surface area contributed by atoms with Gasteiger partial charge in [0.2, 0.25) is 0 Å². The van der Waals surface area contributed by atoms with E-state index in [1.54, 1.807) is 0 Å². The first kappa shape index (κ1) is 11.7. The van der Waals surface area contributed by atoms with Gasteiger partial charge in [-0.05, 0) is 12.1 Å². The van der Waals surface area contributed by atoms with Crippen LogP contribution in [0.15, 0.2) is 40.8 Å². The van der Waals surface area contributed by atoms with Crippen molar-refractivity contribution in [2.45, 2.75) is 6.29 Å². The van der Waals surface area contributed by atoms with Gasteiger partial charge in [0.15, 0.2) is 5.82 Å². The second-order valence-corrected chi connectivity index (χ2v) is 3.91. The molecule has 2 atom stereocenters. The Balaban J connectivity index is 2.15. The Morgan fingerprint density at radius 2 is 2.12 bits per heavy atom. The van der Waals surface area contributed by atoms with Gasteiger partial charge in [0, 0.05) is 13.1 Å². The number of benzene rings is 1. The fourth-order valence-electron chi connectivity index (χ4n) is 1.58. The van der Waals surface area contributed by atoms with E-state index in [0.717, 1.165) is 17.0 Å². The van der Waals surface area contributed by atoms with Gasteiger partial charge in [-0.1, -0.05) is 0 Å². The summed E-state index contributed by atoms with van der Waals surface area (Å²) in [6.07, 6.45) is 3.59. The van der Waals surface area contributed by atoms with Crippen molar-refractivity contribution < 1.29 is 13.7 Å². The molecule has 4 nitrogen and oxygen atoms in total. The molecular weight excluding hydrogens is 226 g/mol. The SMILES string of the molecule is CN1C=C[NH+](C)C1N=Nc1ccc(F)cc1F. The molecule has 1 heterocycles. The van der Waals surface area contributed by atoms with Gasteiger partial charge in [0.25, 0.3) is 6.29 Å². The molecule has 0 radical (unpaired) electrons. The van der Waals surface area contributed by atoms with Crippen LogP contribution < -0.4 is 4.90 Å². The molecule has 0 saturated carbocycles. The maximum atomic E-state index is 13.3. The van der Waals surface area contributed by atoms with E-state index in [-0.39, 0.29) is 12.0 Å². The summed E-state index contributed by atoms with van der Waals surface area (Å²) in [5.74, 6) is -1.33. The van der Waals surface area contributed by atoms with E-state index < -0.39 is 11.6 Å². The van der Waals surface area contributed by atoms with Crippen LogP contribution in [0, 0.1) is 11.6 Å². The average Bonchev–Trinajstić information content (AvgIpc) is 2.58. The normalized spacial score (nSPS) is 23.9. The van der Waals surface area contributed by atoms with Gasteiger partial charge >= 0.3 is 0 Å². The number of hydrogen-bond acceptors (Lipinski definition) is 3. The number of rotatable bonds is 2. The Hall–Kier alpha value is -1.82. The zero-order valence-electron chi connectivity index (χ0n) is 9.56. The summed E-state index contributed by atoms with van der Waals surface area (Å²) < 4.78 is 26.0. The molecule has 2 rings (SSSR count). The van der Waals surface area contributed by atoms with Gasteiger partial charge < -0.3 is 4.90 Å². The highest BCUT2D eigenvalue weighted by atomic mass is 19.1. The molecule has 2 unspecified atom stereocenters. The number of hydrogen-bond donors (Lipinski definition) is 1. The lowest BCUT2D eigenvalue weighted by Crippen LogP contribution is -3.08. The number of nitrogens with zero attached hydrogens (tertiary/aromatic N) is 3. The monoisotopic (exact) mass is 239 g/mol. The largest absolute Gasteiger partial charge is 0.306 e. The maximum absolute atomic E-state index is 13.3. The molecule has 90 valence electrons. The molecular formula is C11H13F2N4+.